The number of benzene rings is 2. The van der Waals surface area contributed by atoms with Crippen LogP contribution in [-0.4, -0.2) is 15.8 Å². The molecular formula is C18H14N2O. The quantitative estimate of drug-likeness (QED) is 0.683. The van der Waals surface area contributed by atoms with E-state index in [0.29, 0.717) is 11.4 Å². The molecule has 0 bridgehead atoms. The van der Waals surface area contributed by atoms with Gasteiger partial charge in [0, 0.05) is 23.5 Å². The van der Waals surface area contributed by atoms with Gasteiger partial charge in [0.15, 0.2) is 5.78 Å². The zero-order chi connectivity index (χ0) is 14.5. The van der Waals surface area contributed by atoms with Gasteiger partial charge in [-0.2, -0.15) is 0 Å². The van der Waals surface area contributed by atoms with E-state index >= 15 is 0 Å². The van der Waals surface area contributed by atoms with E-state index < -0.39 is 0 Å². The first-order valence-electron chi connectivity index (χ1n) is 6.77. The lowest BCUT2D eigenvalue weighted by atomic mass is 10.1. The molecule has 0 N–H and O–H groups in total. The molecule has 0 unspecified atom stereocenters. The Kier molecular flexibility index (Phi) is 3.83. The largest absolute Gasteiger partial charge is 0.294 e. The maximum absolute atomic E-state index is 12.1. The Bertz CT molecular complexity index is 722. The second kappa shape index (κ2) is 6.09. The van der Waals surface area contributed by atoms with Crippen LogP contribution in [0.5, 0.6) is 0 Å². The Morgan fingerprint density at radius 2 is 1.33 bits per heavy atom. The lowest BCUT2D eigenvalue weighted by Gasteiger charge is -2.03. The summed E-state index contributed by atoms with van der Waals surface area (Å²) in [5, 5.41) is 0. The number of hydrogen-bond donors (Lipinski definition) is 0. The summed E-state index contributed by atoms with van der Waals surface area (Å²) in [5.74, 6) is 0.576. The highest BCUT2D eigenvalue weighted by molar-refractivity contribution is 5.97. The Hall–Kier alpha value is -2.81. The number of nitrogens with zero attached hydrogens (tertiary/aromatic N) is 2. The van der Waals surface area contributed by atoms with Gasteiger partial charge in [-0.25, -0.2) is 9.97 Å². The summed E-state index contributed by atoms with van der Waals surface area (Å²) in [5.41, 5.74) is 2.71. The van der Waals surface area contributed by atoms with Gasteiger partial charge < -0.3 is 0 Å². The van der Waals surface area contributed by atoms with Crippen molar-refractivity contribution in [1.82, 2.24) is 9.97 Å². The Morgan fingerprint density at radius 3 is 1.95 bits per heavy atom. The Morgan fingerprint density at radius 1 is 0.762 bits per heavy atom. The van der Waals surface area contributed by atoms with E-state index in [2.05, 4.69) is 9.97 Å². The van der Waals surface area contributed by atoms with E-state index in [-0.39, 0.29) is 12.2 Å². The van der Waals surface area contributed by atoms with Crippen LogP contribution in [0.3, 0.4) is 0 Å². The van der Waals surface area contributed by atoms with E-state index in [1.54, 1.807) is 24.5 Å². The predicted octanol–water partition coefficient (Wildman–Crippen LogP) is 3.57. The smallest absolute Gasteiger partial charge is 0.170 e. The van der Waals surface area contributed by atoms with Crippen LogP contribution < -0.4 is 0 Å². The van der Waals surface area contributed by atoms with E-state index in [1.165, 1.54) is 0 Å². The van der Waals surface area contributed by atoms with Crippen molar-refractivity contribution < 1.29 is 4.79 Å². The van der Waals surface area contributed by atoms with Crippen molar-refractivity contribution >= 4 is 5.78 Å². The molecule has 2 aromatic carbocycles. The molecule has 0 amide bonds. The van der Waals surface area contributed by atoms with Gasteiger partial charge in [0.1, 0.15) is 5.82 Å². The van der Waals surface area contributed by atoms with Gasteiger partial charge in [-0.3, -0.25) is 4.79 Å². The van der Waals surface area contributed by atoms with Crippen molar-refractivity contribution in [2.24, 2.45) is 0 Å². The molecule has 0 fully saturated rings. The van der Waals surface area contributed by atoms with E-state index in [4.69, 9.17) is 0 Å². The van der Waals surface area contributed by atoms with Gasteiger partial charge in [-0.1, -0.05) is 60.7 Å². The molecule has 102 valence electrons. The fourth-order valence-corrected chi connectivity index (χ4v) is 2.10. The highest BCUT2D eigenvalue weighted by Crippen LogP contribution is 2.16. The summed E-state index contributed by atoms with van der Waals surface area (Å²) >= 11 is 0. The third-order valence-electron chi connectivity index (χ3n) is 3.23. The van der Waals surface area contributed by atoms with Gasteiger partial charge in [-0.15, -0.1) is 0 Å². The second-order valence-electron chi connectivity index (χ2n) is 4.72. The maximum atomic E-state index is 12.1. The van der Waals surface area contributed by atoms with E-state index in [0.717, 1.165) is 11.1 Å². The van der Waals surface area contributed by atoms with Crippen molar-refractivity contribution in [2.75, 3.05) is 0 Å². The van der Waals surface area contributed by atoms with Gasteiger partial charge in [0.25, 0.3) is 0 Å². The summed E-state index contributed by atoms with van der Waals surface area (Å²) in [6, 6.07) is 19.1. The maximum Gasteiger partial charge on any atom is 0.170 e. The van der Waals surface area contributed by atoms with Gasteiger partial charge >= 0.3 is 0 Å². The van der Waals surface area contributed by atoms with Crippen molar-refractivity contribution in [1.29, 1.82) is 0 Å². The summed E-state index contributed by atoms with van der Waals surface area (Å²) in [7, 11) is 0. The molecule has 3 nitrogen and oxygen atoms in total. The standard InChI is InChI=1S/C18H14N2O/c21-17(15-9-5-2-6-10-15)11-18-19-12-16(13-20-18)14-7-3-1-4-8-14/h1-10,12-13H,11H2. The number of Topliss-reactive ketones (excluding diaryl/α,β-unsaturated/α-hetero) is 1. The van der Waals surface area contributed by atoms with E-state index in [9.17, 15) is 4.79 Å². The normalized spacial score (nSPS) is 10.3. The summed E-state index contributed by atoms with van der Waals surface area (Å²) in [6.07, 6.45) is 3.74. The first kappa shape index (κ1) is 13.2. The van der Waals surface area contributed by atoms with Crippen LogP contribution in [0.25, 0.3) is 11.1 Å². The van der Waals surface area contributed by atoms with Crippen LogP contribution in [0.15, 0.2) is 73.1 Å². The number of hydrogen-bond acceptors (Lipinski definition) is 3. The molecule has 0 aliphatic rings. The summed E-state index contributed by atoms with van der Waals surface area (Å²) in [6.45, 7) is 0. The monoisotopic (exact) mass is 274 g/mol. The number of carbonyl (C=O) groups excluding carboxylic acids is 1. The SMILES string of the molecule is O=C(Cc1ncc(-c2ccccc2)cn1)c1ccccc1. The predicted molar refractivity (Wildman–Crippen MR) is 81.9 cm³/mol. The molecule has 3 aromatic rings. The molecule has 0 aliphatic heterocycles. The van der Waals surface area contributed by atoms with Crippen molar-refractivity contribution in [3.8, 4) is 11.1 Å². The van der Waals surface area contributed by atoms with Crippen LogP contribution in [0, 0.1) is 0 Å². The molecule has 0 radical (unpaired) electrons. The zero-order valence-electron chi connectivity index (χ0n) is 11.4. The van der Waals surface area contributed by atoms with Crippen LogP contribution in [0.1, 0.15) is 16.2 Å². The molecule has 0 atom stereocenters. The Balaban J connectivity index is 1.75. The van der Waals surface area contributed by atoms with Crippen LogP contribution in [-0.2, 0) is 6.42 Å². The number of rotatable bonds is 4. The lowest BCUT2D eigenvalue weighted by Crippen LogP contribution is -2.06. The van der Waals surface area contributed by atoms with E-state index in [1.807, 2.05) is 48.5 Å². The fraction of sp³-hybridized carbons (Fsp3) is 0.0556. The minimum atomic E-state index is 0.0306. The first-order valence-corrected chi connectivity index (χ1v) is 6.77. The van der Waals surface area contributed by atoms with Crippen LogP contribution in [0.4, 0.5) is 0 Å². The van der Waals surface area contributed by atoms with Crippen molar-refractivity contribution in [2.45, 2.75) is 6.42 Å². The molecule has 1 aromatic heterocycles. The zero-order valence-corrected chi connectivity index (χ0v) is 11.4. The summed E-state index contributed by atoms with van der Waals surface area (Å²) in [4.78, 5) is 20.7. The van der Waals surface area contributed by atoms with Crippen LogP contribution in [0.2, 0.25) is 0 Å². The Labute approximate surface area is 123 Å². The molecular weight excluding hydrogens is 260 g/mol. The molecule has 0 aliphatic carbocycles. The average molecular weight is 274 g/mol. The number of aromatic nitrogens is 2. The molecule has 21 heavy (non-hydrogen) atoms. The highest BCUT2D eigenvalue weighted by atomic mass is 16.1. The molecule has 0 saturated carbocycles. The topological polar surface area (TPSA) is 42.9 Å². The second-order valence-corrected chi connectivity index (χ2v) is 4.72. The summed E-state index contributed by atoms with van der Waals surface area (Å²) < 4.78 is 0. The molecule has 0 saturated heterocycles. The van der Waals surface area contributed by atoms with Gasteiger partial charge in [0.05, 0.1) is 6.42 Å². The molecule has 3 heteroatoms. The minimum absolute atomic E-state index is 0.0306. The fourth-order valence-electron chi connectivity index (χ4n) is 2.10. The molecule has 0 spiro atoms. The minimum Gasteiger partial charge on any atom is -0.294 e. The average Bonchev–Trinajstić information content (AvgIpc) is 2.57. The number of ketones is 1. The first-order chi connectivity index (χ1) is 10.3. The third kappa shape index (κ3) is 3.20. The van der Waals surface area contributed by atoms with Gasteiger partial charge in [0.2, 0.25) is 0 Å². The molecule has 3 rings (SSSR count). The van der Waals surface area contributed by atoms with Gasteiger partial charge in [-0.05, 0) is 5.56 Å². The highest BCUT2D eigenvalue weighted by Gasteiger charge is 2.08. The van der Waals surface area contributed by atoms with Crippen molar-refractivity contribution in [3.63, 3.8) is 0 Å². The molecule has 1 heterocycles. The number of carbonyl (C=O) groups is 1. The van der Waals surface area contributed by atoms with Crippen molar-refractivity contribution in [3.05, 3.63) is 84.4 Å². The lowest BCUT2D eigenvalue weighted by molar-refractivity contribution is 0.0991. The van der Waals surface area contributed by atoms with Crippen LogP contribution >= 0.6 is 0 Å². The third-order valence-corrected chi connectivity index (χ3v) is 3.23.